The Kier molecular flexibility index (Phi) is 4.23. The van der Waals surface area contributed by atoms with E-state index >= 15 is 0 Å². The van der Waals surface area contributed by atoms with Crippen LogP contribution in [-0.2, 0) is 5.60 Å². The Morgan fingerprint density at radius 2 is 1.85 bits per heavy atom. The van der Waals surface area contributed by atoms with Gasteiger partial charge in [0.15, 0.2) is 0 Å². The van der Waals surface area contributed by atoms with Gasteiger partial charge in [0, 0.05) is 6.20 Å². The predicted octanol–water partition coefficient (Wildman–Crippen LogP) is 5.48. The van der Waals surface area contributed by atoms with Crippen molar-refractivity contribution in [1.29, 1.82) is 0 Å². The van der Waals surface area contributed by atoms with E-state index < -0.39 is 5.60 Å². The molecule has 2 N–H and O–H groups in total. The fraction of sp³-hybridized carbons (Fsp3) is 0.150. The Labute approximate surface area is 160 Å². The van der Waals surface area contributed by atoms with E-state index in [1.807, 2.05) is 48.7 Å². The minimum atomic E-state index is -1.04. The maximum absolute atomic E-state index is 10.4. The van der Waals surface area contributed by atoms with Crippen LogP contribution in [0.4, 0.5) is 0 Å². The molecule has 0 atom stereocenters. The van der Waals surface area contributed by atoms with Gasteiger partial charge in [-0.1, -0.05) is 23.7 Å². The second kappa shape index (κ2) is 6.43. The van der Waals surface area contributed by atoms with Gasteiger partial charge in [-0.15, -0.1) is 11.3 Å². The Morgan fingerprint density at radius 1 is 1.08 bits per heavy atom. The summed E-state index contributed by atoms with van der Waals surface area (Å²) in [4.78, 5) is 5.42. The van der Waals surface area contributed by atoms with Gasteiger partial charge in [0.05, 0.1) is 37.5 Å². The van der Waals surface area contributed by atoms with Crippen LogP contribution in [0.25, 0.3) is 26.8 Å². The molecule has 0 bridgehead atoms. The molecule has 0 saturated carbocycles. The third-order valence-electron chi connectivity index (χ3n) is 4.14. The number of H-pyrrole nitrogens is 1. The van der Waals surface area contributed by atoms with Crippen molar-refractivity contribution in [3.8, 4) is 26.8 Å². The van der Waals surface area contributed by atoms with E-state index in [2.05, 4.69) is 22.2 Å². The molecule has 6 heteroatoms. The topological polar surface area (TPSA) is 53.8 Å². The number of halogens is 1. The molecule has 3 aromatic heterocycles. The molecule has 4 aromatic rings. The second-order valence-electron chi connectivity index (χ2n) is 6.58. The van der Waals surface area contributed by atoms with Crippen LogP contribution in [0.15, 0.2) is 60.8 Å². The largest absolute Gasteiger partial charge is 0.384 e. The molecule has 0 aliphatic carbocycles. The molecule has 26 heavy (non-hydrogen) atoms. The molecule has 1 aromatic carbocycles. The molecule has 0 aliphatic heterocycles. The molecule has 3 heterocycles. The number of hydrogen-bond acceptors (Lipinski definition) is 3. The molecule has 4 nitrogen and oxygen atoms in total. The van der Waals surface area contributed by atoms with E-state index in [0.29, 0.717) is 10.7 Å². The van der Waals surface area contributed by atoms with Crippen LogP contribution in [0.2, 0.25) is 5.02 Å². The monoisotopic (exact) mass is 383 g/mol. The van der Waals surface area contributed by atoms with Crippen molar-refractivity contribution in [3.05, 3.63) is 71.5 Å². The van der Waals surface area contributed by atoms with Crippen LogP contribution < -0.4 is 0 Å². The van der Waals surface area contributed by atoms with Crippen LogP contribution in [0.3, 0.4) is 0 Å². The number of aliphatic hydroxyl groups is 1. The highest BCUT2D eigenvalue weighted by atomic mass is 35.5. The summed E-state index contributed by atoms with van der Waals surface area (Å²) in [6.45, 7) is 3.46. The van der Waals surface area contributed by atoms with Gasteiger partial charge < -0.3 is 10.1 Å². The van der Waals surface area contributed by atoms with Crippen LogP contribution in [0.5, 0.6) is 0 Å². The lowest BCUT2D eigenvalue weighted by atomic mass is 10.1. The van der Waals surface area contributed by atoms with Crippen molar-refractivity contribution < 1.29 is 5.11 Å². The van der Waals surface area contributed by atoms with Gasteiger partial charge in [-0.25, -0.2) is 4.68 Å². The first-order valence-corrected chi connectivity index (χ1v) is 9.45. The fourth-order valence-electron chi connectivity index (χ4n) is 2.77. The summed E-state index contributed by atoms with van der Waals surface area (Å²) in [5, 5.41) is 15.7. The lowest BCUT2D eigenvalue weighted by Crippen LogP contribution is -2.16. The summed E-state index contributed by atoms with van der Waals surface area (Å²) in [6.07, 6.45) is 1.91. The number of thiophene rings is 1. The predicted molar refractivity (Wildman–Crippen MR) is 107 cm³/mol. The zero-order valence-electron chi connectivity index (χ0n) is 14.4. The maximum atomic E-state index is 10.4. The summed E-state index contributed by atoms with van der Waals surface area (Å²) >= 11 is 8.07. The molecular weight excluding hydrogens is 366 g/mol. The number of aromatic nitrogens is 3. The van der Waals surface area contributed by atoms with E-state index in [1.54, 1.807) is 29.9 Å². The minimum absolute atomic E-state index is 0.599. The second-order valence-corrected chi connectivity index (χ2v) is 8.08. The molecule has 0 amide bonds. The van der Waals surface area contributed by atoms with Gasteiger partial charge in [-0.3, -0.25) is 0 Å². The molecule has 0 radical (unpaired) electrons. The van der Waals surface area contributed by atoms with E-state index in [4.69, 9.17) is 11.6 Å². The number of aromatic amines is 1. The Balaban J connectivity index is 1.88. The number of nitrogens with one attached hydrogen (secondary N) is 1. The molecule has 132 valence electrons. The molecule has 0 fully saturated rings. The maximum Gasteiger partial charge on any atom is 0.103 e. The quantitative estimate of drug-likeness (QED) is 0.490. The minimum Gasteiger partial charge on any atom is -0.384 e. The SMILES string of the molecule is CC(C)(O)c1cc(-c2ccc(-c3ccc[nH]3)s2)n(-c2ccccc2Cl)n1. The molecule has 4 rings (SSSR count). The van der Waals surface area contributed by atoms with Crippen LogP contribution in [0.1, 0.15) is 19.5 Å². The normalized spacial score (nSPS) is 11.8. The smallest absolute Gasteiger partial charge is 0.103 e. The zero-order valence-corrected chi connectivity index (χ0v) is 16.0. The molecule has 0 spiro atoms. The standard InChI is InChI=1S/C20H18ClN3OS/c1-20(2,25)19-12-16(24(23-19)15-8-4-3-6-13(15)21)18-10-9-17(26-18)14-7-5-11-22-14/h3-12,22,25H,1-2H3. The highest BCUT2D eigenvalue weighted by Crippen LogP contribution is 2.37. The van der Waals surface area contributed by atoms with Crippen LogP contribution >= 0.6 is 22.9 Å². The van der Waals surface area contributed by atoms with Gasteiger partial charge >= 0.3 is 0 Å². The lowest BCUT2D eigenvalue weighted by Gasteiger charge is -2.13. The number of benzene rings is 1. The molecular formula is C20H18ClN3OS. The van der Waals surface area contributed by atoms with E-state index in [1.165, 1.54) is 0 Å². The third-order valence-corrected chi connectivity index (χ3v) is 5.60. The van der Waals surface area contributed by atoms with Crippen LogP contribution in [-0.4, -0.2) is 19.9 Å². The van der Waals surface area contributed by atoms with Crippen molar-refractivity contribution >= 4 is 22.9 Å². The van der Waals surface area contributed by atoms with Crippen molar-refractivity contribution in [2.75, 3.05) is 0 Å². The summed E-state index contributed by atoms with van der Waals surface area (Å²) in [5.74, 6) is 0. The first-order chi connectivity index (χ1) is 12.4. The van der Waals surface area contributed by atoms with Crippen LogP contribution in [0, 0.1) is 0 Å². The molecule has 0 unspecified atom stereocenters. The van der Waals surface area contributed by atoms with Gasteiger partial charge in [-0.2, -0.15) is 5.10 Å². The average Bonchev–Trinajstić information content (AvgIpc) is 3.33. The van der Waals surface area contributed by atoms with Gasteiger partial charge in [0.25, 0.3) is 0 Å². The highest BCUT2D eigenvalue weighted by molar-refractivity contribution is 7.18. The van der Waals surface area contributed by atoms with Crippen molar-refractivity contribution in [2.45, 2.75) is 19.4 Å². The fourth-order valence-corrected chi connectivity index (χ4v) is 3.98. The van der Waals surface area contributed by atoms with Crippen molar-refractivity contribution in [3.63, 3.8) is 0 Å². The average molecular weight is 384 g/mol. The van der Waals surface area contributed by atoms with Gasteiger partial charge in [0.2, 0.25) is 0 Å². The summed E-state index contributed by atoms with van der Waals surface area (Å²) in [7, 11) is 0. The molecule has 0 aliphatic rings. The van der Waals surface area contributed by atoms with Gasteiger partial charge in [0.1, 0.15) is 5.60 Å². The summed E-state index contributed by atoms with van der Waals surface area (Å²) < 4.78 is 1.81. The van der Waals surface area contributed by atoms with Crippen molar-refractivity contribution in [2.24, 2.45) is 0 Å². The first kappa shape index (κ1) is 17.1. The number of hydrogen-bond donors (Lipinski definition) is 2. The number of nitrogens with zero attached hydrogens (tertiary/aromatic N) is 2. The Bertz CT molecular complexity index is 1040. The first-order valence-electron chi connectivity index (χ1n) is 8.25. The van der Waals surface area contributed by atoms with E-state index in [-0.39, 0.29) is 0 Å². The molecule has 0 saturated heterocycles. The number of rotatable bonds is 4. The van der Waals surface area contributed by atoms with Crippen molar-refractivity contribution in [1.82, 2.24) is 14.8 Å². The summed E-state index contributed by atoms with van der Waals surface area (Å²) in [6, 6.07) is 17.7. The zero-order chi connectivity index (χ0) is 18.3. The van der Waals surface area contributed by atoms with E-state index in [0.717, 1.165) is 26.8 Å². The van der Waals surface area contributed by atoms with Gasteiger partial charge in [-0.05, 0) is 56.3 Å². The number of para-hydroxylation sites is 1. The lowest BCUT2D eigenvalue weighted by molar-refractivity contribution is 0.0734. The summed E-state index contributed by atoms with van der Waals surface area (Å²) in [5.41, 5.74) is 2.32. The highest BCUT2D eigenvalue weighted by Gasteiger charge is 2.24. The third kappa shape index (κ3) is 3.09. The van der Waals surface area contributed by atoms with E-state index in [9.17, 15) is 5.11 Å². The Morgan fingerprint density at radius 3 is 2.54 bits per heavy atom. The Hall–Kier alpha value is -2.34.